The Bertz CT molecular complexity index is 1530. The quantitative estimate of drug-likeness (QED) is 0.349. The maximum Gasteiger partial charge on any atom is 0.274 e. The molecule has 3 heterocycles. The zero-order valence-corrected chi connectivity index (χ0v) is 20.6. The minimum Gasteiger partial charge on any atom is -0.368 e. The van der Waals surface area contributed by atoms with Gasteiger partial charge in [-0.2, -0.15) is 9.50 Å². The molecule has 0 atom stereocenters. The second kappa shape index (κ2) is 9.03. The first-order chi connectivity index (χ1) is 16.8. The number of anilines is 1. The zero-order chi connectivity index (χ0) is 24.6. The van der Waals surface area contributed by atoms with E-state index in [1.807, 2.05) is 18.2 Å². The van der Waals surface area contributed by atoms with Crippen LogP contribution in [0, 0.1) is 0 Å². The van der Waals surface area contributed by atoms with Gasteiger partial charge in [-0.05, 0) is 16.5 Å². The van der Waals surface area contributed by atoms with Gasteiger partial charge < -0.3 is 5.73 Å². The number of hydrogen-bond donors (Lipinski definition) is 2. The highest BCUT2D eigenvalue weighted by atomic mass is 32.2. The summed E-state index contributed by atoms with van der Waals surface area (Å²) in [5.41, 5.74) is 9.47. The molecule has 0 unspecified atom stereocenters. The SMILES string of the molecule is CC(C)(C)c1ccc(-c2nnc(SCc3cc(=O)n4[nH]c(N)nc4n3)n2Cc2ccccc2)cc1. The van der Waals surface area contributed by atoms with Crippen LogP contribution in [0.5, 0.6) is 0 Å². The first-order valence-corrected chi connectivity index (χ1v) is 12.2. The Hall–Kier alpha value is -3.92. The van der Waals surface area contributed by atoms with Gasteiger partial charge >= 0.3 is 0 Å². The van der Waals surface area contributed by atoms with Crippen molar-refractivity contribution in [2.24, 2.45) is 0 Å². The van der Waals surface area contributed by atoms with Crippen LogP contribution in [0.3, 0.4) is 0 Å². The second-order valence-electron chi connectivity index (χ2n) is 9.32. The summed E-state index contributed by atoms with van der Waals surface area (Å²) >= 11 is 1.48. The van der Waals surface area contributed by atoms with Crippen molar-refractivity contribution in [3.63, 3.8) is 0 Å². The van der Waals surface area contributed by atoms with E-state index in [1.165, 1.54) is 27.9 Å². The fraction of sp³-hybridized carbons (Fsp3) is 0.240. The number of thioether (sulfide) groups is 1. The summed E-state index contributed by atoms with van der Waals surface area (Å²) in [6.07, 6.45) is 0. The maximum absolute atomic E-state index is 12.4. The van der Waals surface area contributed by atoms with Gasteiger partial charge in [0, 0.05) is 17.4 Å². The molecule has 10 heteroatoms. The lowest BCUT2D eigenvalue weighted by molar-refractivity contribution is 0.590. The molecule has 0 fully saturated rings. The third-order valence-corrected chi connectivity index (χ3v) is 6.66. The van der Waals surface area contributed by atoms with Crippen molar-refractivity contribution < 1.29 is 0 Å². The molecule has 0 aliphatic carbocycles. The summed E-state index contributed by atoms with van der Waals surface area (Å²) in [5, 5.41) is 12.4. The summed E-state index contributed by atoms with van der Waals surface area (Å²) < 4.78 is 3.32. The van der Waals surface area contributed by atoms with E-state index in [0.717, 1.165) is 22.1 Å². The molecule has 0 radical (unpaired) electrons. The van der Waals surface area contributed by atoms with Gasteiger partial charge in [0.15, 0.2) is 11.0 Å². The van der Waals surface area contributed by atoms with Crippen LogP contribution in [-0.2, 0) is 17.7 Å². The zero-order valence-electron chi connectivity index (χ0n) is 19.8. The predicted molar refractivity (Wildman–Crippen MR) is 137 cm³/mol. The molecular formula is C25H26N8OS. The van der Waals surface area contributed by atoms with Gasteiger partial charge in [-0.25, -0.2) is 4.98 Å². The number of nitrogens with two attached hydrogens (primary N) is 1. The molecule has 0 saturated carbocycles. The Morgan fingerprint density at radius 2 is 1.74 bits per heavy atom. The lowest BCUT2D eigenvalue weighted by Crippen LogP contribution is -2.15. The fourth-order valence-corrected chi connectivity index (χ4v) is 4.62. The number of aromatic nitrogens is 7. The molecule has 0 aliphatic rings. The third kappa shape index (κ3) is 4.83. The van der Waals surface area contributed by atoms with Crippen LogP contribution in [0.25, 0.3) is 17.2 Å². The number of fused-ring (bicyclic) bond motifs is 1. The number of nitrogens with one attached hydrogen (secondary N) is 1. The minimum atomic E-state index is -0.264. The number of nitrogens with zero attached hydrogens (tertiary/aromatic N) is 6. The standard InChI is InChI=1S/C25H26N8OS/c1-25(2,3)18-11-9-17(10-12-18)21-29-30-24(32(21)14-16-7-5-4-6-8-16)35-15-19-13-20(34)33-23(27-19)28-22(26)31-33/h4-13H,14-15H2,1-3H3,(H3,26,27,28,31). The highest BCUT2D eigenvalue weighted by molar-refractivity contribution is 7.98. The van der Waals surface area contributed by atoms with E-state index >= 15 is 0 Å². The van der Waals surface area contributed by atoms with Crippen molar-refractivity contribution in [1.29, 1.82) is 0 Å². The lowest BCUT2D eigenvalue weighted by Gasteiger charge is -2.19. The van der Waals surface area contributed by atoms with Gasteiger partial charge in [0.1, 0.15) is 0 Å². The Kier molecular flexibility index (Phi) is 5.89. The number of benzene rings is 2. The minimum absolute atomic E-state index is 0.0725. The molecule has 9 nitrogen and oxygen atoms in total. The van der Waals surface area contributed by atoms with Crippen LogP contribution in [0.4, 0.5) is 5.95 Å². The monoisotopic (exact) mass is 486 g/mol. The predicted octanol–water partition coefficient (Wildman–Crippen LogP) is 3.90. The smallest absolute Gasteiger partial charge is 0.274 e. The van der Waals surface area contributed by atoms with Crippen LogP contribution in [0.2, 0.25) is 0 Å². The normalized spacial score (nSPS) is 11.9. The Morgan fingerprint density at radius 1 is 1.00 bits per heavy atom. The molecule has 2 aromatic carbocycles. The van der Waals surface area contributed by atoms with Crippen LogP contribution >= 0.6 is 11.8 Å². The van der Waals surface area contributed by atoms with Crippen molar-refractivity contribution in [3.8, 4) is 11.4 Å². The summed E-state index contributed by atoms with van der Waals surface area (Å²) in [7, 11) is 0. The van der Waals surface area contributed by atoms with Crippen LogP contribution in [0.15, 0.2) is 70.6 Å². The van der Waals surface area contributed by atoms with E-state index < -0.39 is 0 Å². The second-order valence-corrected chi connectivity index (χ2v) is 10.3. The molecule has 178 valence electrons. The summed E-state index contributed by atoms with van der Waals surface area (Å²) in [5.74, 6) is 1.62. The lowest BCUT2D eigenvalue weighted by atomic mass is 9.87. The van der Waals surface area contributed by atoms with Crippen LogP contribution in [0.1, 0.15) is 37.6 Å². The first-order valence-electron chi connectivity index (χ1n) is 11.2. The Morgan fingerprint density at radius 3 is 2.46 bits per heavy atom. The van der Waals surface area contributed by atoms with E-state index in [-0.39, 0.29) is 22.7 Å². The topological polar surface area (TPSA) is 120 Å². The van der Waals surface area contributed by atoms with Gasteiger partial charge in [-0.3, -0.25) is 14.5 Å². The van der Waals surface area contributed by atoms with Crippen LogP contribution < -0.4 is 11.3 Å². The van der Waals surface area contributed by atoms with Gasteiger partial charge in [-0.1, -0.05) is 87.1 Å². The van der Waals surface area contributed by atoms with E-state index in [0.29, 0.717) is 18.0 Å². The molecule has 0 bridgehead atoms. The molecule has 3 aromatic heterocycles. The van der Waals surface area contributed by atoms with Gasteiger partial charge in [0.2, 0.25) is 5.95 Å². The molecule has 3 N–H and O–H groups in total. The van der Waals surface area contributed by atoms with E-state index in [2.05, 4.69) is 87.0 Å². The number of H-pyrrole nitrogens is 1. The molecule has 0 aliphatic heterocycles. The molecule has 0 saturated heterocycles. The summed E-state index contributed by atoms with van der Waals surface area (Å²) in [4.78, 5) is 20.9. The maximum atomic E-state index is 12.4. The van der Waals surface area contributed by atoms with E-state index in [1.54, 1.807) is 0 Å². The largest absolute Gasteiger partial charge is 0.368 e. The Labute approximate surface area is 206 Å². The average molecular weight is 487 g/mol. The van der Waals surface area contributed by atoms with Crippen molar-refractivity contribution in [2.75, 3.05) is 5.73 Å². The number of aromatic amines is 1. The van der Waals surface area contributed by atoms with Crippen molar-refractivity contribution in [2.45, 2.75) is 43.6 Å². The van der Waals surface area contributed by atoms with Gasteiger partial charge in [0.05, 0.1) is 12.2 Å². The molecule has 0 spiro atoms. The highest BCUT2D eigenvalue weighted by Crippen LogP contribution is 2.29. The van der Waals surface area contributed by atoms with Gasteiger partial charge in [0.25, 0.3) is 11.3 Å². The summed E-state index contributed by atoms with van der Waals surface area (Å²) in [6, 6.07) is 20.2. The molecule has 5 aromatic rings. The number of rotatable bonds is 6. The molecular weight excluding hydrogens is 460 g/mol. The highest BCUT2D eigenvalue weighted by Gasteiger charge is 2.18. The van der Waals surface area contributed by atoms with Crippen molar-refractivity contribution >= 4 is 23.5 Å². The van der Waals surface area contributed by atoms with Crippen LogP contribution in [-0.4, -0.2) is 34.3 Å². The number of nitrogen functional groups attached to an aromatic ring is 1. The Balaban J connectivity index is 1.47. The van der Waals surface area contributed by atoms with E-state index in [4.69, 9.17) is 5.73 Å². The fourth-order valence-electron chi connectivity index (χ4n) is 3.79. The van der Waals surface area contributed by atoms with Crippen molar-refractivity contribution in [1.82, 2.24) is 34.3 Å². The third-order valence-electron chi connectivity index (χ3n) is 5.66. The van der Waals surface area contributed by atoms with E-state index in [9.17, 15) is 4.79 Å². The first kappa shape index (κ1) is 22.9. The summed E-state index contributed by atoms with van der Waals surface area (Å²) in [6.45, 7) is 7.22. The molecule has 35 heavy (non-hydrogen) atoms. The van der Waals surface area contributed by atoms with Crippen molar-refractivity contribution in [3.05, 3.63) is 87.8 Å². The molecule has 5 rings (SSSR count). The molecule has 0 amide bonds. The van der Waals surface area contributed by atoms with Gasteiger partial charge in [-0.15, -0.1) is 10.2 Å². The number of hydrogen-bond acceptors (Lipinski definition) is 7. The average Bonchev–Trinajstić information content (AvgIpc) is 3.41.